The van der Waals surface area contributed by atoms with Crippen molar-refractivity contribution in [3.8, 4) is 0 Å². The highest BCUT2D eigenvalue weighted by molar-refractivity contribution is 6.07. The lowest BCUT2D eigenvalue weighted by Gasteiger charge is -2.09. The molecule has 130 valence electrons. The van der Waals surface area contributed by atoms with Crippen LogP contribution in [-0.2, 0) is 11.8 Å². The minimum Gasteiger partial charge on any atom is -0.371 e. The molecule has 0 atom stereocenters. The monoisotopic (exact) mass is 343 g/mol. The van der Waals surface area contributed by atoms with Gasteiger partial charge in [-0.2, -0.15) is 0 Å². The van der Waals surface area contributed by atoms with Crippen LogP contribution in [0.5, 0.6) is 0 Å². The van der Waals surface area contributed by atoms with Crippen molar-refractivity contribution >= 4 is 23.1 Å². The van der Waals surface area contributed by atoms with E-state index >= 15 is 0 Å². The number of rotatable bonds is 7. The SMILES string of the molecule is Cn1ccnc1C(=O)c1ccc(NCC(=O)NC2CC2)c([N+](=O)[O-])c1. The molecule has 9 nitrogen and oxygen atoms in total. The number of anilines is 1. The first-order valence-electron chi connectivity index (χ1n) is 7.79. The van der Waals surface area contributed by atoms with Crippen molar-refractivity contribution in [2.45, 2.75) is 18.9 Å². The summed E-state index contributed by atoms with van der Waals surface area (Å²) in [5.74, 6) is -0.433. The van der Waals surface area contributed by atoms with Crippen molar-refractivity contribution in [3.05, 3.63) is 52.1 Å². The number of nitro benzene ring substituents is 1. The van der Waals surface area contributed by atoms with Gasteiger partial charge < -0.3 is 15.2 Å². The molecule has 0 radical (unpaired) electrons. The summed E-state index contributed by atoms with van der Waals surface area (Å²) in [5.41, 5.74) is 0.0839. The number of nitrogens with one attached hydrogen (secondary N) is 2. The number of carbonyl (C=O) groups excluding carboxylic acids is 2. The van der Waals surface area contributed by atoms with E-state index in [0.29, 0.717) is 0 Å². The van der Waals surface area contributed by atoms with E-state index in [1.54, 1.807) is 17.8 Å². The quantitative estimate of drug-likeness (QED) is 0.444. The summed E-state index contributed by atoms with van der Waals surface area (Å²) in [6.45, 7) is -0.0655. The number of aryl methyl sites for hydroxylation is 1. The first-order valence-corrected chi connectivity index (χ1v) is 7.79. The summed E-state index contributed by atoms with van der Waals surface area (Å²) in [7, 11) is 1.67. The fourth-order valence-electron chi connectivity index (χ4n) is 2.37. The van der Waals surface area contributed by atoms with Crippen LogP contribution >= 0.6 is 0 Å². The van der Waals surface area contributed by atoms with Crippen LogP contribution in [0.3, 0.4) is 0 Å². The Hall–Kier alpha value is -3.23. The first kappa shape index (κ1) is 16.6. The lowest BCUT2D eigenvalue weighted by Crippen LogP contribution is -2.31. The molecule has 1 aromatic heterocycles. The molecule has 0 saturated heterocycles. The van der Waals surface area contributed by atoms with Gasteiger partial charge in [-0.1, -0.05) is 0 Å². The van der Waals surface area contributed by atoms with Gasteiger partial charge in [-0.25, -0.2) is 4.98 Å². The number of nitro groups is 1. The minimum absolute atomic E-state index is 0.0655. The zero-order valence-corrected chi connectivity index (χ0v) is 13.6. The number of amides is 1. The first-order chi connectivity index (χ1) is 12.0. The Kier molecular flexibility index (Phi) is 4.46. The minimum atomic E-state index is -0.587. The van der Waals surface area contributed by atoms with Crippen LogP contribution in [0.4, 0.5) is 11.4 Å². The summed E-state index contributed by atoms with van der Waals surface area (Å²) in [6, 6.07) is 4.32. The highest BCUT2D eigenvalue weighted by Gasteiger charge is 2.24. The van der Waals surface area contributed by atoms with Gasteiger partial charge in [0.05, 0.1) is 11.5 Å². The van der Waals surface area contributed by atoms with Crippen molar-refractivity contribution < 1.29 is 14.5 Å². The number of imidazole rings is 1. The van der Waals surface area contributed by atoms with Crippen molar-refractivity contribution in [3.63, 3.8) is 0 Å². The predicted molar refractivity (Wildman–Crippen MR) is 89.4 cm³/mol. The molecule has 0 aliphatic heterocycles. The molecule has 2 aromatic rings. The average Bonchev–Trinajstić information content (AvgIpc) is 3.29. The van der Waals surface area contributed by atoms with Gasteiger partial charge in [0, 0.05) is 37.1 Å². The third-order valence-electron chi connectivity index (χ3n) is 3.86. The maximum Gasteiger partial charge on any atom is 0.293 e. The van der Waals surface area contributed by atoms with Crippen LogP contribution in [0, 0.1) is 10.1 Å². The standard InChI is InChI=1S/C16H17N5O4/c1-20-7-6-17-16(20)15(23)10-2-5-12(13(8-10)21(24)25)18-9-14(22)19-11-3-4-11/h2,5-8,11,18H,3-4,9H2,1H3,(H,19,22). The Morgan fingerprint density at radius 2 is 2.16 bits per heavy atom. The molecular weight excluding hydrogens is 326 g/mol. The summed E-state index contributed by atoms with van der Waals surface area (Å²) < 4.78 is 1.54. The van der Waals surface area contributed by atoms with E-state index in [0.717, 1.165) is 12.8 Å². The van der Waals surface area contributed by atoms with Crippen molar-refractivity contribution in [2.24, 2.45) is 7.05 Å². The van der Waals surface area contributed by atoms with Gasteiger partial charge in [-0.3, -0.25) is 19.7 Å². The number of hydrogen-bond acceptors (Lipinski definition) is 6. The molecule has 1 heterocycles. The molecule has 2 N–H and O–H groups in total. The molecule has 25 heavy (non-hydrogen) atoms. The summed E-state index contributed by atoms with van der Waals surface area (Å²) in [4.78, 5) is 38.8. The molecule has 1 aliphatic carbocycles. The Morgan fingerprint density at radius 1 is 1.40 bits per heavy atom. The molecule has 1 aliphatic rings. The Bertz CT molecular complexity index is 841. The molecule has 1 aromatic carbocycles. The smallest absolute Gasteiger partial charge is 0.293 e. The second-order valence-corrected chi connectivity index (χ2v) is 5.88. The Morgan fingerprint density at radius 3 is 2.76 bits per heavy atom. The summed E-state index contributed by atoms with van der Waals surface area (Å²) in [5, 5.41) is 16.9. The Balaban J connectivity index is 1.78. The van der Waals surface area contributed by atoms with Crippen molar-refractivity contribution in [1.29, 1.82) is 0 Å². The zero-order valence-electron chi connectivity index (χ0n) is 13.6. The zero-order chi connectivity index (χ0) is 18.0. The summed E-state index contributed by atoms with van der Waals surface area (Å²) >= 11 is 0. The second-order valence-electron chi connectivity index (χ2n) is 5.88. The second kappa shape index (κ2) is 6.71. The third-order valence-corrected chi connectivity index (χ3v) is 3.86. The van der Waals surface area contributed by atoms with Gasteiger partial charge in [-0.05, 0) is 25.0 Å². The fraction of sp³-hybridized carbons (Fsp3) is 0.312. The van der Waals surface area contributed by atoms with Gasteiger partial charge in [0.15, 0.2) is 5.82 Å². The fourth-order valence-corrected chi connectivity index (χ4v) is 2.37. The van der Waals surface area contributed by atoms with Crippen LogP contribution in [0.2, 0.25) is 0 Å². The molecule has 0 bridgehead atoms. The number of ketones is 1. The molecular formula is C16H17N5O4. The van der Waals surface area contributed by atoms with Crippen LogP contribution < -0.4 is 10.6 Å². The number of aromatic nitrogens is 2. The van der Waals surface area contributed by atoms with Gasteiger partial charge >= 0.3 is 0 Å². The van der Waals surface area contributed by atoms with E-state index in [9.17, 15) is 19.7 Å². The highest BCUT2D eigenvalue weighted by Crippen LogP contribution is 2.26. The normalized spacial score (nSPS) is 13.3. The number of carbonyl (C=O) groups is 2. The maximum atomic E-state index is 12.4. The molecule has 1 amide bonds. The van der Waals surface area contributed by atoms with E-state index < -0.39 is 10.7 Å². The molecule has 9 heteroatoms. The third kappa shape index (κ3) is 3.82. The van der Waals surface area contributed by atoms with Gasteiger partial charge in [0.2, 0.25) is 11.7 Å². The Labute approximate surface area is 143 Å². The lowest BCUT2D eigenvalue weighted by molar-refractivity contribution is -0.384. The number of hydrogen-bond donors (Lipinski definition) is 2. The molecule has 1 fully saturated rings. The van der Waals surface area contributed by atoms with Crippen molar-refractivity contribution in [1.82, 2.24) is 14.9 Å². The predicted octanol–water partition coefficient (Wildman–Crippen LogP) is 1.25. The van der Waals surface area contributed by atoms with Crippen LogP contribution in [0.15, 0.2) is 30.6 Å². The number of benzene rings is 1. The van der Waals surface area contributed by atoms with Gasteiger partial charge in [-0.15, -0.1) is 0 Å². The van der Waals surface area contributed by atoms with Crippen LogP contribution in [-0.4, -0.2) is 38.8 Å². The van der Waals surface area contributed by atoms with E-state index in [2.05, 4.69) is 15.6 Å². The van der Waals surface area contributed by atoms with Gasteiger partial charge in [0.25, 0.3) is 5.69 Å². The van der Waals surface area contributed by atoms with E-state index in [1.165, 1.54) is 24.4 Å². The summed E-state index contributed by atoms with van der Waals surface area (Å²) in [6.07, 6.45) is 5.04. The highest BCUT2D eigenvalue weighted by atomic mass is 16.6. The lowest BCUT2D eigenvalue weighted by atomic mass is 10.1. The number of nitrogens with zero attached hydrogens (tertiary/aromatic N) is 3. The largest absolute Gasteiger partial charge is 0.371 e. The molecule has 1 saturated carbocycles. The molecule has 3 rings (SSSR count). The van der Waals surface area contributed by atoms with Crippen LogP contribution in [0.1, 0.15) is 29.0 Å². The topological polar surface area (TPSA) is 119 Å². The average molecular weight is 343 g/mol. The molecule has 0 spiro atoms. The van der Waals surface area contributed by atoms with E-state index in [4.69, 9.17) is 0 Å². The van der Waals surface area contributed by atoms with E-state index in [1.807, 2.05) is 0 Å². The van der Waals surface area contributed by atoms with Gasteiger partial charge in [0.1, 0.15) is 5.69 Å². The molecule has 0 unspecified atom stereocenters. The van der Waals surface area contributed by atoms with Crippen molar-refractivity contribution in [2.75, 3.05) is 11.9 Å². The van der Waals surface area contributed by atoms with E-state index in [-0.39, 0.29) is 41.3 Å². The maximum absolute atomic E-state index is 12.4. The van der Waals surface area contributed by atoms with Crippen LogP contribution in [0.25, 0.3) is 0 Å².